The van der Waals surface area contributed by atoms with E-state index < -0.39 is 0 Å². The second-order valence-electron chi connectivity index (χ2n) is 4.76. The van der Waals surface area contributed by atoms with Crippen molar-refractivity contribution in [2.24, 2.45) is 0 Å². The standard InChI is InChI=1S/C13H16N4/c14-9-12-13(4-1-5-15-12)17-8-7-16-6-2-3-11(16)10-17/h1,4-5,11H,2-3,6-8,10H2. The van der Waals surface area contributed by atoms with Crippen LogP contribution in [0.5, 0.6) is 0 Å². The van der Waals surface area contributed by atoms with E-state index in [1.165, 1.54) is 19.4 Å². The van der Waals surface area contributed by atoms with Gasteiger partial charge in [-0.05, 0) is 31.5 Å². The Labute approximate surface area is 101 Å². The molecule has 0 amide bonds. The molecule has 3 heterocycles. The van der Waals surface area contributed by atoms with E-state index in [0.717, 1.165) is 25.3 Å². The molecule has 1 aromatic rings. The number of pyridine rings is 1. The van der Waals surface area contributed by atoms with Gasteiger partial charge in [-0.1, -0.05) is 0 Å². The lowest BCUT2D eigenvalue weighted by atomic mass is 10.1. The molecule has 1 unspecified atom stereocenters. The summed E-state index contributed by atoms with van der Waals surface area (Å²) >= 11 is 0. The van der Waals surface area contributed by atoms with Crippen LogP contribution in [0.3, 0.4) is 0 Å². The summed E-state index contributed by atoms with van der Waals surface area (Å²) in [6.07, 6.45) is 4.29. The maximum Gasteiger partial charge on any atom is 0.163 e. The number of aromatic nitrogens is 1. The first-order valence-electron chi connectivity index (χ1n) is 6.22. The number of anilines is 1. The lowest BCUT2D eigenvalue weighted by Gasteiger charge is -2.38. The first-order valence-corrected chi connectivity index (χ1v) is 6.22. The molecule has 2 saturated heterocycles. The van der Waals surface area contributed by atoms with Gasteiger partial charge < -0.3 is 4.90 Å². The summed E-state index contributed by atoms with van der Waals surface area (Å²) in [4.78, 5) is 9.03. The van der Waals surface area contributed by atoms with Crippen molar-refractivity contribution < 1.29 is 0 Å². The van der Waals surface area contributed by atoms with Gasteiger partial charge in [-0.2, -0.15) is 5.26 Å². The number of nitriles is 1. The Morgan fingerprint density at radius 2 is 2.29 bits per heavy atom. The van der Waals surface area contributed by atoms with Crippen LogP contribution in [-0.2, 0) is 0 Å². The van der Waals surface area contributed by atoms with Crippen molar-refractivity contribution >= 4 is 5.69 Å². The fourth-order valence-corrected chi connectivity index (χ4v) is 2.95. The summed E-state index contributed by atoms with van der Waals surface area (Å²) in [6, 6.07) is 6.79. The molecule has 3 rings (SSSR count). The van der Waals surface area contributed by atoms with E-state index in [1.807, 2.05) is 12.1 Å². The summed E-state index contributed by atoms with van der Waals surface area (Å²) in [7, 11) is 0. The Kier molecular flexibility index (Phi) is 2.69. The van der Waals surface area contributed by atoms with Gasteiger partial charge >= 0.3 is 0 Å². The smallest absolute Gasteiger partial charge is 0.163 e. The van der Waals surface area contributed by atoms with Crippen molar-refractivity contribution in [2.45, 2.75) is 18.9 Å². The molecule has 0 aliphatic carbocycles. The van der Waals surface area contributed by atoms with E-state index in [4.69, 9.17) is 5.26 Å². The van der Waals surface area contributed by atoms with E-state index in [1.54, 1.807) is 6.20 Å². The molecule has 1 aromatic heterocycles. The van der Waals surface area contributed by atoms with Gasteiger partial charge in [0.1, 0.15) is 6.07 Å². The third-order valence-corrected chi connectivity index (χ3v) is 3.82. The summed E-state index contributed by atoms with van der Waals surface area (Å²) in [5, 5.41) is 9.09. The molecule has 0 saturated carbocycles. The van der Waals surface area contributed by atoms with Crippen molar-refractivity contribution in [1.29, 1.82) is 5.26 Å². The van der Waals surface area contributed by atoms with E-state index >= 15 is 0 Å². The van der Waals surface area contributed by atoms with Gasteiger partial charge in [0.15, 0.2) is 5.69 Å². The van der Waals surface area contributed by atoms with Crippen LogP contribution >= 0.6 is 0 Å². The molecule has 0 radical (unpaired) electrons. The molecular formula is C13H16N4. The van der Waals surface area contributed by atoms with Crippen LogP contribution in [0.2, 0.25) is 0 Å². The second kappa shape index (κ2) is 4.34. The summed E-state index contributed by atoms with van der Waals surface area (Å²) in [5.41, 5.74) is 1.56. The second-order valence-corrected chi connectivity index (χ2v) is 4.76. The normalized spacial score (nSPS) is 24.4. The third-order valence-electron chi connectivity index (χ3n) is 3.82. The van der Waals surface area contributed by atoms with Crippen molar-refractivity contribution in [3.63, 3.8) is 0 Å². The predicted octanol–water partition coefficient (Wildman–Crippen LogP) is 1.24. The highest BCUT2D eigenvalue weighted by Crippen LogP contribution is 2.26. The zero-order valence-electron chi connectivity index (χ0n) is 9.84. The van der Waals surface area contributed by atoms with Crippen LogP contribution in [0.1, 0.15) is 18.5 Å². The molecule has 0 spiro atoms. The molecule has 2 aliphatic rings. The maximum atomic E-state index is 9.09. The minimum absolute atomic E-state index is 0.555. The average Bonchev–Trinajstić information content (AvgIpc) is 2.85. The highest BCUT2D eigenvalue weighted by molar-refractivity contribution is 5.56. The minimum Gasteiger partial charge on any atom is -0.366 e. The summed E-state index contributed by atoms with van der Waals surface area (Å²) < 4.78 is 0. The molecule has 0 N–H and O–H groups in total. The number of rotatable bonds is 1. The van der Waals surface area contributed by atoms with Gasteiger partial charge in [0.25, 0.3) is 0 Å². The summed E-state index contributed by atoms with van der Waals surface area (Å²) in [6.45, 7) is 4.42. The third kappa shape index (κ3) is 1.87. The van der Waals surface area contributed by atoms with Gasteiger partial charge in [-0.25, -0.2) is 4.98 Å². The van der Waals surface area contributed by atoms with Gasteiger partial charge in [-0.3, -0.25) is 4.90 Å². The Bertz CT molecular complexity index is 451. The van der Waals surface area contributed by atoms with Crippen molar-refractivity contribution in [1.82, 2.24) is 9.88 Å². The van der Waals surface area contributed by atoms with Crippen molar-refractivity contribution in [2.75, 3.05) is 31.1 Å². The quantitative estimate of drug-likeness (QED) is 0.725. The highest BCUT2D eigenvalue weighted by Gasteiger charge is 2.31. The zero-order valence-corrected chi connectivity index (χ0v) is 9.84. The lowest BCUT2D eigenvalue weighted by molar-refractivity contribution is 0.231. The number of hydrogen-bond acceptors (Lipinski definition) is 4. The minimum atomic E-state index is 0.555. The van der Waals surface area contributed by atoms with E-state index in [9.17, 15) is 0 Å². The molecule has 0 aromatic carbocycles. The summed E-state index contributed by atoms with van der Waals surface area (Å²) in [5.74, 6) is 0. The van der Waals surface area contributed by atoms with Crippen LogP contribution in [0, 0.1) is 11.3 Å². The molecule has 2 fully saturated rings. The van der Waals surface area contributed by atoms with Crippen molar-refractivity contribution in [3.05, 3.63) is 24.0 Å². The van der Waals surface area contributed by atoms with Crippen LogP contribution in [0.25, 0.3) is 0 Å². The fourth-order valence-electron chi connectivity index (χ4n) is 2.95. The van der Waals surface area contributed by atoms with Crippen LogP contribution in [-0.4, -0.2) is 42.1 Å². The highest BCUT2D eigenvalue weighted by atomic mass is 15.3. The average molecular weight is 228 g/mol. The topological polar surface area (TPSA) is 43.2 Å². The zero-order chi connectivity index (χ0) is 11.7. The lowest BCUT2D eigenvalue weighted by Crippen LogP contribution is -2.50. The fraction of sp³-hybridized carbons (Fsp3) is 0.538. The molecule has 2 aliphatic heterocycles. The monoisotopic (exact) mass is 228 g/mol. The SMILES string of the molecule is N#Cc1ncccc1N1CCN2CCCC2C1. The Balaban J connectivity index is 1.83. The number of fused-ring (bicyclic) bond motifs is 1. The molecule has 88 valence electrons. The van der Waals surface area contributed by atoms with Crippen LogP contribution < -0.4 is 4.90 Å². The van der Waals surface area contributed by atoms with Crippen molar-refractivity contribution in [3.8, 4) is 6.07 Å². The van der Waals surface area contributed by atoms with Gasteiger partial charge in [0.05, 0.1) is 5.69 Å². The van der Waals surface area contributed by atoms with Gasteiger partial charge in [0, 0.05) is 31.9 Å². The molecule has 17 heavy (non-hydrogen) atoms. The van der Waals surface area contributed by atoms with Crippen LogP contribution in [0.15, 0.2) is 18.3 Å². The number of hydrogen-bond donors (Lipinski definition) is 0. The van der Waals surface area contributed by atoms with E-state index in [-0.39, 0.29) is 0 Å². The Morgan fingerprint density at radius 3 is 3.18 bits per heavy atom. The predicted molar refractivity (Wildman–Crippen MR) is 65.8 cm³/mol. The number of nitrogens with zero attached hydrogens (tertiary/aromatic N) is 4. The largest absolute Gasteiger partial charge is 0.366 e. The van der Waals surface area contributed by atoms with Crippen LogP contribution in [0.4, 0.5) is 5.69 Å². The molecular weight excluding hydrogens is 212 g/mol. The molecule has 0 bridgehead atoms. The van der Waals surface area contributed by atoms with E-state index in [2.05, 4.69) is 20.9 Å². The molecule has 4 heteroatoms. The van der Waals surface area contributed by atoms with E-state index in [0.29, 0.717) is 11.7 Å². The Morgan fingerprint density at radius 1 is 1.35 bits per heavy atom. The maximum absolute atomic E-state index is 9.09. The Hall–Kier alpha value is -1.60. The first kappa shape index (κ1) is 10.5. The number of piperazine rings is 1. The molecule has 4 nitrogen and oxygen atoms in total. The first-order chi connectivity index (χ1) is 8.38. The molecule has 1 atom stereocenters. The van der Waals surface area contributed by atoms with Gasteiger partial charge in [-0.15, -0.1) is 0 Å². The van der Waals surface area contributed by atoms with Gasteiger partial charge in [0.2, 0.25) is 0 Å².